The van der Waals surface area contributed by atoms with Gasteiger partial charge in [0.1, 0.15) is 17.1 Å². The van der Waals surface area contributed by atoms with Crippen LogP contribution in [0.25, 0.3) is 0 Å². The molecule has 0 aliphatic carbocycles. The van der Waals surface area contributed by atoms with E-state index in [9.17, 15) is 14.0 Å². The van der Waals surface area contributed by atoms with Crippen molar-refractivity contribution in [3.8, 4) is 11.6 Å². The lowest BCUT2D eigenvalue weighted by atomic mass is 10.2. The van der Waals surface area contributed by atoms with E-state index in [-0.39, 0.29) is 18.0 Å². The van der Waals surface area contributed by atoms with Crippen molar-refractivity contribution in [2.45, 2.75) is 0 Å². The van der Waals surface area contributed by atoms with Crippen LogP contribution in [0.4, 0.5) is 10.1 Å². The monoisotopic (exact) mass is 477 g/mol. The van der Waals surface area contributed by atoms with Gasteiger partial charge in [0, 0.05) is 16.9 Å². The second-order valence-corrected chi connectivity index (χ2v) is 7.06. The fourth-order valence-corrected chi connectivity index (χ4v) is 2.86. The second-order valence-electron chi connectivity index (χ2n) is 5.77. The fraction of sp³-hybridized carbons (Fsp3) is 0.0500. The largest absolute Gasteiger partial charge is 0.437 e. The summed E-state index contributed by atoms with van der Waals surface area (Å²) in [6, 6.07) is 13.5. The first kappa shape index (κ1) is 20.8. The highest BCUT2D eigenvalue weighted by Crippen LogP contribution is 2.30. The molecule has 0 atom stereocenters. The molecule has 0 saturated carbocycles. The van der Waals surface area contributed by atoms with Crippen molar-refractivity contribution in [1.29, 1.82) is 0 Å². The van der Waals surface area contributed by atoms with Gasteiger partial charge in [0.2, 0.25) is 11.8 Å². The molecule has 0 fully saturated rings. The van der Waals surface area contributed by atoms with Crippen LogP contribution in [0.1, 0.15) is 10.4 Å². The zero-order valence-electron chi connectivity index (χ0n) is 14.8. The first-order chi connectivity index (χ1) is 13.9. The molecule has 6 nitrogen and oxygen atoms in total. The Bertz CT molecular complexity index is 1050. The number of carbonyl (C=O) groups excluding carboxylic acids is 2. The summed E-state index contributed by atoms with van der Waals surface area (Å²) in [4.78, 5) is 28.6. The van der Waals surface area contributed by atoms with Gasteiger partial charge < -0.3 is 15.4 Å². The number of hydrogen-bond donors (Lipinski definition) is 2. The van der Waals surface area contributed by atoms with Gasteiger partial charge in [-0.05, 0) is 70.5 Å². The topological polar surface area (TPSA) is 80.3 Å². The second kappa shape index (κ2) is 9.49. The molecule has 0 spiro atoms. The molecule has 0 radical (unpaired) electrons. The number of halogens is 3. The Morgan fingerprint density at radius 3 is 2.62 bits per heavy atom. The number of nitrogens with zero attached hydrogens (tertiary/aromatic N) is 1. The zero-order chi connectivity index (χ0) is 20.8. The van der Waals surface area contributed by atoms with E-state index in [1.807, 2.05) is 0 Å². The summed E-state index contributed by atoms with van der Waals surface area (Å²) >= 11 is 9.00. The summed E-state index contributed by atoms with van der Waals surface area (Å²) in [6.07, 6.45) is 1.46. The predicted molar refractivity (Wildman–Crippen MR) is 111 cm³/mol. The van der Waals surface area contributed by atoms with Crippen LogP contribution in [-0.2, 0) is 4.79 Å². The van der Waals surface area contributed by atoms with Gasteiger partial charge in [0.15, 0.2) is 0 Å². The molecule has 0 aliphatic rings. The standard InChI is InChI=1S/C20H14BrClFN3O3/c21-16-10-13(23)5-8-17(16)29-20-15(2-1-9-24-20)19(28)25-11-18(27)26-14-6-3-12(22)4-7-14/h1-10H,11H2,(H,25,28)(H,26,27). The van der Waals surface area contributed by atoms with E-state index >= 15 is 0 Å². The first-order valence-electron chi connectivity index (χ1n) is 8.34. The van der Waals surface area contributed by atoms with Gasteiger partial charge >= 0.3 is 0 Å². The number of aromatic nitrogens is 1. The van der Waals surface area contributed by atoms with Gasteiger partial charge in [-0.25, -0.2) is 9.37 Å². The maximum absolute atomic E-state index is 13.2. The molecule has 1 aromatic heterocycles. The SMILES string of the molecule is O=C(CNC(=O)c1cccnc1Oc1ccc(F)cc1Br)Nc1ccc(Cl)cc1. The molecule has 0 aliphatic heterocycles. The Balaban J connectivity index is 1.65. The van der Waals surface area contributed by atoms with Crippen LogP contribution >= 0.6 is 27.5 Å². The number of ether oxygens (including phenoxy) is 1. The summed E-state index contributed by atoms with van der Waals surface area (Å²) in [6.45, 7) is -0.254. The van der Waals surface area contributed by atoms with Crippen molar-refractivity contribution < 1.29 is 18.7 Å². The zero-order valence-corrected chi connectivity index (χ0v) is 17.1. The number of carbonyl (C=O) groups is 2. The van der Waals surface area contributed by atoms with Crippen molar-refractivity contribution in [3.05, 3.63) is 81.7 Å². The van der Waals surface area contributed by atoms with E-state index in [4.69, 9.17) is 16.3 Å². The number of pyridine rings is 1. The minimum Gasteiger partial charge on any atom is -0.437 e. The highest BCUT2D eigenvalue weighted by molar-refractivity contribution is 9.10. The minimum absolute atomic E-state index is 0.0235. The molecule has 29 heavy (non-hydrogen) atoms. The highest BCUT2D eigenvalue weighted by Gasteiger charge is 2.16. The number of amides is 2. The molecule has 0 saturated heterocycles. The smallest absolute Gasteiger partial charge is 0.257 e. The van der Waals surface area contributed by atoms with Crippen molar-refractivity contribution in [1.82, 2.24) is 10.3 Å². The Morgan fingerprint density at radius 1 is 1.14 bits per heavy atom. The third kappa shape index (κ3) is 5.75. The average molecular weight is 479 g/mol. The maximum atomic E-state index is 13.2. The molecule has 3 rings (SSSR count). The number of nitrogens with one attached hydrogen (secondary N) is 2. The Kier molecular flexibility index (Phi) is 6.79. The van der Waals surface area contributed by atoms with Crippen LogP contribution in [0, 0.1) is 5.82 Å². The molecule has 0 unspecified atom stereocenters. The quantitative estimate of drug-likeness (QED) is 0.533. The summed E-state index contributed by atoms with van der Waals surface area (Å²) < 4.78 is 19.2. The van der Waals surface area contributed by atoms with E-state index < -0.39 is 17.6 Å². The number of anilines is 1. The van der Waals surface area contributed by atoms with E-state index in [1.54, 1.807) is 30.3 Å². The van der Waals surface area contributed by atoms with Crippen LogP contribution in [0.2, 0.25) is 5.02 Å². The van der Waals surface area contributed by atoms with Crippen molar-refractivity contribution in [3.63, 3.8) is 0 Å². The Labute approximate surface area is 179 Å². The van der Waals surface area contributed by atoms with Gasteiger partial charge in [-0.15, -0.1) is 0 Å². The van der Waals surface area contributed by atoms with Crippen LogP contribution in [0.15, 0.2) is 65.3 Å². The molecule has 2 aromatic carbocycles. The molecule has 2 N–H and O–H groups in total. The van der Waals surface area contributed by atoms with Crippen molar-refractivity contribution in [2.24, 2.45) is 0 Å². The van der Waals surface area contributed by atoms with Gasteiger partial charge in [-0.1, -0.05) is 11.6 Å². The van der Waals surface area contributed by atoms with Crippen LogP contribution < -0.4 is 15.4 Å². The lowest BCUT2D eigenvalue weighted by Crippen LogP contribution is -2.33. The highest BCUT2D eigenvalue weighted by atomic mass is 79.9. The van der Waals surface area contributed by atoms with Crippen LogP contribution in [0.5, 0.6) is 11.6 Å². The van der Waals surface area contributed by atoms with E-state index in [1.165, 1.54) is 30.5 Å². The summed E-state index contributed by atoms with van der Waals surface area (Å²) in [5, 5.41) is 5.70. The number of rotatable bonds is 6. The van der Waals surface area contributed by atoms with E-state index in [0.29, 0.717) is 20.9 Å². The van der Waals surface area contributed by atoms with Crippen molar-refractivity contribution >= 4 is 45.0 Å². The summed E-state index contributed by atoms with van der Waals surface area (Å²) in [5.41, 5.74) is 0.684. The van der Waals surface area contributed by atoms with Crippen LogP contribution in [0.3, 0.4) is 0 Å². The average Bonchev–Trinajstić information content (AvgIpc) is 2.70. The van der Waals surface area contributed by atoms with Crippen LogP contribution in [-0.4, -0.2) is 23.3 Å². The maximum Gasteiger partial charge on any atom is 0.257 e. The molecule has 1 heterocycles. The normalized spacial score (nSPS) is 10.3. The third-order valence-corrected chi connectivity index (χ3v) is 4.53. The molecular formula is C20H14BrClFN3O3. The molecule has 0 bridgehead atoms. The number of benzene rings is 2. The predicted octanol–water partition coefficient (Wildman–Crippen LogP) is 4.80. The van der Waals surface area contributed by atoms with Gasteiger partial charge in [-0.2, -0.15) is 0 Å². The molecule has 148 valence electrons. The molecule has 9 heteroatoms. The van der Waals surface area contributed by atoms with Gasteiger partial charge in [-0.3, -0.25) is 9.59 Å². The van der Waals surface area contributed by atoms with Gasteiger partial charge in [0.25, 0.3) is 5.91 Å². The minimum atomic E-state index is -0.544. The van der Waals surface area contributed by atoms with Gasteiger partial charge in [0.05, 0.1) is 11.0 Å². The lowest BCUT2D eigenvalue weighted by Gasteiger charge is -2.11. The molecular weight excluding hydrogens is 465 g/mol. The fourth-order valence-electron chi connectivity index (χ4n) is 2.30. The summed E-state index contributed by atoms with van der Waals surface area (Å²) in [7, 11) is 0. The third-order valence-electron chi connectivity index (χ3n) is 3.65. The van der Waals surface area contributed by atoms with Crippen molar-refractivity contribution in [2.75, 3.05) is 11.9 Å². The first-order valence-corrected chi connectivity index (χ1v) is 9.51. The number of hydrogen-bond acceptors (Lipinski definition) is 4. The lowest BCUT2D eigenvalue weighted by molar-refractivity contribution is -0.115. The van der Waals surface area contributed by atoms with E-state index in [2.05, 4.69) is 31.5 Å². The molecule has 2 amide bonds. The Morgan fingerprint density at radius 2 is 1.90 bits per heavy atom. The van der Waals surface area contributed by atoms with E-state index in [0.717, 1.165) is 0 Å². The Hall–Kier alpha value is -2.97. The summed E-state index contributed by atoms with van der Waals surface area (Å²) in [5.74, 6) is -1.07. The molecule has 3 aromatic rings.